The molecule has 0 atom stereocenters. The van der Waals surface area contributed by atoms with Crippen molar-refractivity contribution in [1.82, 2.24) is 0 Å². The van der Waals surface area contributed by atoms with E-state index in [1.165, 1.54) is 30.3 Å². The first-order valence-electron chi connectivity index (χ1n) is 8.51. The van der Waals surface area contributed by atoms with Crippen LogP contribution in [0.4, 0.5) is 4.39 Å². The largest absolute Gasteiger partial charge is 0.508 e. The summed E-state index contributed by atoms with van der Waals surface area (Å²) in [7, 11) is -4.31. The molecule has 0 aromatic heterocycles. The number of rotatable bonds is 7. The zero-order valence-corrected chi connectivity index (χ0v) is 19.3. The van der Waals surface area contributed by atoms with Crippen LogP contribution >= 0.6 is 39.5 Å². The Morgan fingerprint density at radius 1 is 0.967 bits per heavy atom. The number of halogens is 3. The average Bonchev–Trinajstić information content (AvgIpc) is 2.66. The van der Waals surface area contributed by atoms with Crippen LogP contribution in [0.25, 0.3) is 0 Å². The van der Waals surface area contributed by atoms with Gasteiger partial charge in [-0.3, -0.25) is 4.57 Å². The number of aromatic hydroxyl groups is 1. The molecule has 3 aromatic rings. The number of phenolic OH excluding ortho intramolecular Hbond substituents is 1. The molecule has 0 amide bonds. The quantitative estimate of drug-likeness (QED) is 0.308. The van der Waals surface area contributed by atoms with Crippen molar-refractivity contribution >= 4 is 39.5 Å². The molecule has 0 saturated carbocycles. The topological polar surface area (TPSA) is 96.2 Å². The fraction of sp³-hybridized carbons (Fsp3) is 0.100. The summed E-state index contributed by atoms with van der Waals surface area (Å²) in [6, 6.07) is 13.8. The third kappa shape index (κ3) is 6.30. The molecule has 10 heteroatoms. The second-order valence-electron chi connectivity index (χ2n) is 6.35. The molecule has 3 N–H and O–H groups in total. The van der Waals surface area contributed by atoms with E-state index < -0.39 is 13.9 Å². The van der Waals surface area contributed by atoms with Crippen LogP contribution in [0.1, 0.15) is 11.1 Å². The van der Waals surface area contributed by atoms with Crippen molar-refractivity contribution in [2.24, 2.45) is 0 Å². The van der Waals surface area contributed by atoms with E-state index in [4.69, 9.17) is 19.3 Å². The molecule has 0 fully saturated rings. The molecule has 0 spiro atoms. The predicted octanol–water partition coefficient (Wildman–Crippen LogP) is 5.95. The number of hydrogen-bond donors (Lipinski definition) is 3. The van der Waals surface area contributed by atoms with E-state index in [-0.39, 0.29) is 17.3 Å². The third-order valence-corrected chi connectivity index (χ3v) is 5.58. The summed E-state index contributed by atoms with van der Waals surface area (Å²) in [5.41, 5.74) is 1.52. The predicted molar refractivity (Wildman–Crippen MR) is 117 cm³/mol. The van der Waals surface area contributed by atoms with E-state index in [0.717, 1.165) is 5.56 Å². The Kier molecular flexibility index (Phi) is 7.21. The normalized spacial score (nSPS) is 11.4. The Morgan fingerprint density at radius 3 is 2.20 bits per heavy atom. The molecule has 0 saturated heterocycles. The summed E-state index contributed by atoms with van der Waals surface area (Å²) < 4.78 is 36.3. The molecule has 3 rings (SSSR count). The van der Waals surface area contributed by atoms with Gasteiger partial charge in [-0.1, -0.05) is 12.1 Å². The lowest BCUT2D eigenvalue weighted by molar-refractivity contribution is 0.300. The second kappa shape index (κ2) is 9.49. The van der Waals surface area contributed by atoms with Crippen LogP contribution < -0.4 is 9.47 Å². The minimum Gasteiger partial charge on any atom is -0.508 e. The van der Waals surface area contributed by atoms with Gasteiger partial charge in [0.25, 0.3) is 0 Å². The van der Waals surface area contributed by atoms with Gasteiger partial charge in [-0.15, -0.1) is 0 Å². The molecule has 0 radical (unpaired) electrons. The summed E-state index contributed by atoms with van der Waals surface area (Å²) >= 11 is 6.74. The zero-order valence-electron chi connectivity index (χ0n) is 15.3. The Bertz CT molecular complexity index is 1080. The van der Waals surface area contributed by atoms with E-state index in [1.54, 1.807) is 24.3 Å². The first kappa shape index (κ1) is 22.8. The lowest BCUT2D eigenvalue weighted by Crippen LogP contribution is -1.99. The standard InChI is InChI=1S/C20H16Br2FO6P/c21-17-9-16(28-11-30(25,26)27)10-18(22)20(17)29-19-6-5-15(24)8-13(19)7-12-1-3-14(23)4-2-12/h1-6,8-10,24H,7,11H2,(H2,25,26,27). The van der Waals surface area contributed by atoms with Crippen LogP contribution in [0.5, 0.6) is 23.0 Å². The molecule has 6 nitrogen and oxygen atoms in total. The average molecular weight is 562 g/mol. The van der Waals surface area contributed by atoms with Gasteiger partial charge in [0.2, 0.25) is 0 Å². The van der Waals surface area contributed by atoms with Gasteiger partial charge >= 0.3 is 7.60 Å². The number of phenols is 1. The molecular weight excluding hydrogens is 546 g/mol. The number of ether oxygens (including phenoxy) is 2. The Hall–Kier alpha value is -1.90. The minimum atomic E-state index is -4.31. The number of hydrogen-bond acceptors (Lipinski definition) is 4. The highest BCUT2D eigenvalue weighted by Gasteiger charge is 2.17. The highest BCUT2D eigenvalue weighted by Crippen LogP contribution is 2.42. The van der Waals surface area contributed by atoms with Gasteiger partial charge in [-0.25, -0.2) is 4.39 Å². The SMILES string of the molecule is O=P(O)(O)COc1cc(Br)c(Oc2ccc(O)cc2Cc2ccc(F)cc2)c(Br)c1. The molecular formula is C20H16Br2FO6P. The second-order valence-corrected chi connectivity index (χ2v) is 9.65. The Morgan fingerprint density at radius 2 is 1.60 bits per heavy atom. The summed E-state index contributed by atoms with van der Waals surface area (Å²) in [6.07, 6.45) is -0.339. The molecule has 0 aliphatic heterocycles. The summed E-state index contributed by atoms with van der Waals surface area (Å²) in [4.78, 5) is 17.9. The Labute approximate surface area is 188 Å². The van der Waals surface area contributed by atoms with E-state index in [0.29, 0.717) is 32.4 Å². The molecule has 3 aromatic carbocycles. The summed E-state index contributed by atoms with van der Waals surface area (Å²) in [6.45, 7) is 0. The van der Waals surface area contributed by atoms with Crippen molar-refractivity contribution in [2.45, 2.75) is 6.42 Å². The third-order valence-electron chi connectivity index (χ3n) is 3.94. The van der Waals surface area contributed by atoms with Crippen molar-refractivity contribution in [3.63, 3.8) is 0 Å². The van der Waals surface area contributed by atoms with Crippen molar-refractivity contribution in [1.29, 1.82) is 0 Å². The smallest absolute Gasteiger partial charge is 0.362 e. The lowest BCUT2D eigenvalue weighted by Gasteiger charge is -2.16. The van der Waals surface area contributed by atoms with Gasteiger partial charge < -0.3 is 24.4 Å². The highest BCUT2D eigenvalue weighted by atomic mass is 79.9. The molecule has 0 aliphatic rings. The maximum atomic E-state index is 13.2. The van der Waals surface area contributed by atoms with Gasteiger partial charge in [-0.2, -0.15) is 0 Å². The van der Waals surface area contributed by atoms with Crippen molar-refractivity contribution < 1.29 is 33.3 Å². The molecule has 158 valence electrons. The molecule has 0 bridgehead atoms. The lowest BCUT2D eigenvalue weighted by atomic mass is 10.0. The first-order chi connectivity index (χ1) is 14.1. The maximum absolute atomic E-state index is 13.2. The van der Waals surface area contributed by atoms with Crippen molar-refractivity contribution in [3.8, 4) is 23.0 Å². The minimum absolute atomic E-state index is 0.0683. The van der Waals surface area contributed by atoms with Crippen molar-refractivity contribution in [3.05, 3.63) is 80.5 Å². The fourth-order valence-electron chi connectivity index (χ4n) is 2.61. The van der Waals surface area contributed by atoms with Gasteiger partial charge in [0.05, 0.1) is 8.95 Å². The highest BCUT2D eigenvalue weighted by molar-refractivity contribution is 9.11. The van der Waals surface area contributed by atoms with Crippen LogP contribution in [0.3, 0.4) is 0 Å². The van der Waals surface area contributed by atoms with Crippen LogP contribution in [0.2, 0.25) is 0 Å². The summed E-state index contributed by atoms with van der Waals surface area (Å²) in [5.74, 6) is 0.854. The molecule has 0 unspecified atom stereocenters. The van der Waals surface area contributed by atoms with Crippen LogP contribution in [0, 0.1) is 5.82 Å². The molecule has 30 heavy (non-hydrogen) atoms. The van der Waals surface area contributed by atoms with Crippen LogP contribution in [-0.2, 0) is 11.0 Å². The maximum Gasteiger partial charge on any atom is 0.362 e. The van der Waals surface area contributed by atoms with Gasteiger partial charge in [0.15, 0.2) is 12.1 Å². The van der Waals surface area contributed by atoms with Gasteiger partial charge in [0.1, 0.15) is 23.1 Å². The van der Waals surface area contributed by atoms with Crippen LogP contribution in [-0.4, -0.2) is 21.2 Å². The molecule has 0 aliphatic carbocycles. The van der Waals surface area contributed by atoms with E-state index in [1.807, 2.05) is 0 Å². The van der Waals surface area contributed by atoms with Gasteiger partial charge in [0, 0.05) is 12.0 Å². The number of benzene rings is 3. The fourth-order valence-corrected chi connectivity index (χ4v) is 4.24. The van der Waals surface area contributed by atoms with E-state index in [9.17, 15) is 14.1 Å². The summed E-state index contributed by atoms with van der Waals surface area (Å²) in [5, 5.41) is 9.88. The van der Waals surface area contributed by atoms with Gasteiger partial charge in [-0.05, 0) is 79.9 Å². The van der Waals surface area contributed by atoms with E-state index >= 15 is 0 Å². The first-order valence-corrected chi connectivity index (χ1v) is 11.9. The van der Waals surface area contributed by atoms with Crippen LogP contribution in [0.15, 0.2) is 63.5 Å². The Balaban J connectivity index is 1.87. The zero-order chi connectivity index (χ0) is 21.9. The van der Waals surface area contributed by atoms with Crippen molar-refractivity contribution in [2.75, 3.05) is 6.35 Å². The monoisotopic (exact) mass is 560 g/mol. The van der Waals surface area contributed by atoms with E-state index in [2.05, 4.69) is 31.9 Å². The molecule has 0 heterocycles.